The molecule has 170 valence electrons. The number of likely N-dealkylation sites (tertiary alicyclic amines) is 1. The van der Waals surface area contributed by atoms with E-state index >= 15 is 0 Å². The third-order valence-corrected chi connectivity index (χ3v) is 6.83. The molecule has 2 saturated heterocycles. The number of hydrogen-bond donors (Lipinski definition) is 2. The third kappa shape index (κ3) is 4.71. The summed E-state index contributed by atoms with van der Waals surface area (Å²) in [4.78, 5) is 26.6. The summed E-state index contributed by atoms with van der Waals surface area (Å²) >= 11 is 0. The fourth-order valence-electron chi connectivity index (χ4n) is 5.01. The summed E-state index contributed by atoms with van der Waals surface area (Å²) in [6.45, 7) is 4.56. The van der Waals surface area contributed by atoms with Crippen molar-refractivity contribution >= 4 is 12.0 Å². The van der Waals surface area contributed by atoms with Crippen LogP contribution in [0.4, 0.5) is 10.7 Å². The first kappa shape index (κ1) is 21.2. The highest BCUT2D eigenvalue weighted by molar-refractivity contribution is 5.75. The lowest BCUT2D eigenvalue weighted by atomic mass is 9.94. The largest absolute Gasteiger partial charge is 0.381 e. The summed E-state index contributed by atoms with van der Waals surface area (Å²) in [6.07, 6.45) is 4.63. The number of nitrogens with zero attached hydrogens (tertiary/aromatic N) is 4. The number of ether oxygens (including phenoxy) is 1. The van der Waals surface area contributed by atoms with E-state index in [-0.39, 0.29) is 12.1 Å². The van der Waals surface area contributed by atoms with Crippen molar-refractivity contribution in [2.75, 3.05) is 45.2 Å². The van der Waals surface area contributed by atoms with Crippen LogP contribution in [0.5, 0.6) is 0 Å². The van der Waals surface area contributed by atoms with Gasteiger partial charge in [0.2, 0.25) is 5.95 Å². The second-order valence-corrected chi connectivity index (χ2v) is 9.16. The minimum absolute atomic E-state index is 0.00516. The molecule has 2 amide bonds. The Bertz CT molecular complexity index is 933. The molecular weight excluding hydrogens is 404 g/mol. The SMILES string of the molecule is CN1CC(NC(=O)N2CCc3cnc(NC4CCOCC4)nc3C2)C(c2ccccc2)C1. The van der Waals surface area contributed by atoms with Gasteiger partial charge in [0.05, 0.1) is 18.3 Å². The number of aromatic nitrogens is 2. The van der Waals surface area contributed by atoms with Gasteiger partial charge in [-0.3, -0.25) is 0 Å². The molecule has 0 bridgehead atoms. The number of amides is 2. The van der Waals surface area contributed by atoms with Crippen LogP contribution in [0.1, 0.15) is 35.6 Å². The number of fused-ring (bicyclic) bond motifs is 1. The van der Waals surface area contributed by atoms with Crippen molar-refractivity contribution in [2.24, 2.45) is 0 Å². The van der Waals surface area contributed by atoms with Gasteiger partial charge in [0.25, 0.3) is 0 Å². The predicted molar refractivity (Wildman–Crippen MR) is 123 cm³/mol. The van der Waals surface area contributed by atoms with E-state index in [1.807, 2.05) is 17.2 Å². The molecule has 2 aromatic rings. The normalized spacial score (nSPS) is 24.2. The molecule has 0 aliphatic carbocycles. The molecule has 8 nitrogen and oxygen atoms in total. The van der Waals surface area contributed by atoms with E-state index in [1.165, 1.54) is 5.56 Å². The number of nitrogens with one attached hydrogen (secondary N) is 2. The van der Waals surface area contributed by atoms with Gasteiger partial charge in [-0.15, -0.1) is 0 Å². The Hall–Kier alpha value is -2.71. The number of benzene rings is 1. The van der Waals surface area contributed by atoms with Gasteiger partial charge in [0.15, 0.2) is 0 Å². The Morgan fingerprint density at radius 3 is 2.78 bits per heavy atom. The van der Waals surface area contributed by atoms with Crippen LogP contribution >= 0.6 is 0 Å². The van der Waals surface area contributed by atoms with E-state index in [0.717, 1.165) is 56.8 Å². The van der Waals surface area contributed by atoms with Gasteiger partial charge in [0, 0.05) is 51.0 Å². The van der Waals surface area contributed by atoms with Crippen molar-refractivity contribution < 1.29 is 9.53 Å². The molecule has 2 N–H and O–H groups in total. The van der Waals surface area contributed by atoms with Gasteiger partial charge >= 0.3 is 6.03 Å². The summed E-state index contributed by atoms with van der Waals surface area (Å²) in [5, 5.41) is 6.75. The van der Waals surface area contributed by atoms with Gasteiger partial charge < -0.3 is 25.2 Å². The summed E-state index contributed by atoms with van der Waals surface area (Å²) in [7, 11) is 2.11. The van der Waals surface area contributed by atoms with Crippen LogP contribution in [0.2, 0.25) is 0 Å². The highest BCUT2D eigenvalue weighted by atomic mass is 16.5. The van der Waals surface area contributed by atoms with Gasteiger partial charge in [-0.1, -0.05) is 30.3 Å². The van der Waals surface area contributed by atoms with Crippen LogP contribution in [-0.4, -0.2) is 77.8 Å². The van der Waals surface area contributed by atoms with Gasteiger partial charge in [-0.2, -0.15) is 0 Å². The molecule has 3 aliphatic heterocycles. The van der Waals surface area contributed by atoms with Gasteiger partial charge in [-0.25, -0.2) is 14.8 Å². The van der Waals surface area contributed by atoms with Crippen molar-refractivity contribution in [1.82, 2.24) is 25.1 Å². The van der Waals surface area contributed by atoms with Crippen molar-refractivity contribution in [2.45, 2.75) is 43.8 Å². The fourth-order valence-corrected chi connectivity index (χ4v) is 5.01. The van der Waals surface area contributed by atoms with Crippen LogP contribution in [0.3, 0.4) is 0 Å². The molecule has 4 heterocycles. The molecule has 32 heavy (non-hydrogen) atoms. The zero-order valence-corrected chi connectivity index (χ0v) is 18.7. The average molecular weight is 437 g/mol. The van der Waals surface area contributed by atoms with Crippen molar-refractivity contribution in [3.63, 3.8) is 0 Å². The molecule has 3 aliphatic rings. The number of hydrogen-bond acceptors (Lipinski definition) is 6. The van der Waals surface area contributed by atoms with Crippen molar-refractivity contribution in [3.8, 4) is 0 Å². The van der Waals surface area contributed by atoms with Crippen molar-refractivity contribution in [1.29, 1.82) is 0 Å². The number of anilines is 1. The number of rotatable bonds is 4. The lowest BCUT2D eigenvalue weighted by Crippen LogP contribution is -2.49. The van der Waals surface area contributed by atoms with Crippen LogP contribution in [-0.2, 0) is 17.7 Å². The molecule has 5 rings (SSSR count). The Balaban J connectivity index is 1.23. The van der Waals surface area contributed by atoms with Crippen LogP contribution in [0, 0.1) is 0 Å². The molecule has 1 aromatic heterocycles. The Morgan fingerprint density at radius 2 is 1.97 bits per heavy atom. The fraction of sp³-hybridized carbons (Fsp3) is 0.542. The average Bonchev–Trinajstić information content (AvgIpc) is 3.19. The Morgan fingerprint density at radius 1 is 1.16 bits per heavy atom. The molecule has 0 spiro atoms. The first-order valence-electron chi connectivity index (χ1n) is 11.6. The first-order valence-corrected chi connectivity index (χ1v) is 11.6. The number of carbonyl (C=O) groups excluding carboxylic acids is 1. The number of likely N-dealkylation sites (N-methyl/N-ethyl adjacent to an activating group) is 1. The molecule has 2 fully saturated rings. The van der Waals surface area contributed by atoms with E-state index in [2.05, 4.69) is 51.8 Å². The van der Waals surface area contributed by atoms with Crippen LogP contribution in [0.25, 0.3) is 0 Å². The maximum absolute atomic E-state index is 13.2. The predicted octanol–water partition coefficient (Wildman–Crippen LogP) is 2.23. The standard InChI is InChI=1S/C24H32N6O2/c1-29-14-20(17-5-3-2-4-6-17)22(15-29)28-24(31)30-10-7-18-13-25-23(27-21(18)16-30)26-19-8-11-32-12-9-19/h2-6,13,19-20,22H,7-12,14-16H2,1H3,(H,28,31)(H,25,26,27). The van der Waals surface area contributed by atoms with Crippen LogP contribution < -0.4 is 10.6 Å². The highest BCUT2D eigenvalue weighted by Gasteiger charge is 2.34. The number of urea groups is 1. The zero-order chi connectivity index (χ0) is 21.9. The molecule has 2 unspecified atom stereocenters. The van der Waals surface area contributed by atoms with Gasteiger partial charge in [0.1, 0.15) is 0 Å². The maximum atomic E-state index is 13.2. The first-order chi connectivity index (χ1) is 15.7. The van der Waals surface area contributed by atoms with Crippen LogP contribution in [0.15, 0.2) is 36.5 Å². The van der Waals surface area contributed by atoms with E-state index in [1.54, 1.807) is 0 Å². The number of carbonyl (C=O) groups is 1. The smallest absolute Gasteiger partial charge is 0.318 e. The molecule has 0 radical (unpaired) electrons. The van der Waals surface area contributed by atoms with E-state index in [0.29, 0.717) is 31.0 Å². The third-order valence-electron chi connectivity index (χ3n) is 6.83. The zero-order valence-electron chi connectivity index (χ0n) is 18.7. The highest BCUT2D eigenvalue weighted by Crippen LogP contribution is 2.27. The summed E-state index contributed by atoms with van der Waals surface area (Å²) in [5.74, 6) is 0.958. The lowest BCUT2D eigenvalue weighted by molar-refractivity contribution is 0.0903. The Kier molecular flexibility index (Phi) is 6.23. The monoisotopic (exact) mass is 436 g/mol. The molecule has 8 heteroatoms. The maximum Gasteiger partial charge on any atom is 0.318 e. The minimum Gasteiger partial charge on any atom is -0.381 e. The lowest BCUT2D eigenvalue weighted by Gasteiger charge is -2.31. The molecule has 2 atom stereocenters. The van der Waals surface area contributed by atoms with E-state index in [4.69, 9.17) is 9.72 Å². The summed E-state index contributed by atoms with van der Waals surface area (Å²) in [5.41, 5.74) is 3.36. The second-order valence-electron chi connectivity index (χ2n) is 9.16. The summed E-state index contributed by atoms with van der Waals surface area (Å²) in [6, 6.07) is 10.9. The molecule has 1 aromatic carbocycles. The Labute approximate surface area is 189 Å². The molecular formula is C24H32N6O2. The minimum atomic E-state index is -0.00516. The summed E-state index contributed by atoms with van der Waals surface area (Å²) < 4.78 is 5.43. The van der Waals surface area contributed by atoms with Gasteiger partial charge in [-0.05, 0) is 37.4 Å². The molecule has 0 saturated carbocycles. The topological polar surface area (TPSA) is 82.6 Å². The quantitative estimate of drug-likeness (QED) is 0.765. The second kappa shape index (κ2) is 9.42. The van der Waals surface area contributed by atoms with E-state index in [9.17, 15) is 4.79 Å². The van der Waals surface area contributed by atoms with E-state index < -0.39 is 0 Å². The van der Waals surface area contributed by atoms with Crippen molar-refractivity contribution in [3.05, 3.63) is 53.3 Å².